The molecule has 0 bridgehead atoms. The van der Waals surface area contributed by atoms with Gasteiger partial charge in [-0.1, -0.05) is 12.1 Å². The van der Waals surface area contributed by atoms with Crippen LogP contribution in [0.4, 0.5) is 0 Å². The molecule has 1 heteroatoms. The van der Waals surface area contributed by atoms with Crippen LogP contribution in [0.2, 0.25) is 0 Å². The normalized spacial score (nSPS) is 15.4. The third-order valence-electron chi connectivity index (χ3n) is 3.22. The highest BCUT2D eigenvalue weighted by Gasteiger charge is 2.35. The SMILES string of the molecule is Oc1cccc2c3c(c4c(c12)C4)C3. The molecule has 0 saturated heterocycles. The zero-order valence-corrected chi connectivity index (χ0v) is 7.09. The number of phenols is 1. The van der Waals surface area contributed by atoms with Crippen LogP contribution in [-0.4, -0.2) is 5.11 Å². The monoisotopic (exact) mass is 168 g/mol. The van der Waals surface area contributed by atoms with Crippen molar-refractivity contribution in [2.24, 2.45) is 0 Å². The van der Waals surface area contributed by atoms with Crippen molar-refractivity contribution in [3.63, 3.8) is 0 Å². The topological polar surface area (TPSA) is 20.2 Å². The molecule has 4 rings (SSSR count). The standard InChI is InChI=1S/C12H8O/c13-11-3-1-2-6-7-4-8(7)9-5-10(9)12(6)11/h1-3,13H,4-5H2. The first-order chi connectivity index (χ1) is 6.36. The summed E-state index contributed by atoms with van der Waals surface area (Å²) in [4.78, 5) is 0. The number of hydrogen-bond acceptors (Lipinski definition) is 1. The van der Waals surface area contributed by atoms with E-state index >= 15 is 0 Å². The molecule has 0 amide bonds. The van der Waals surface area contributed by atoms with Crippen molar-refractivity contribution in [3.05, 3.63) is 40.5 Å². The van der Waals surface area contributed by atoms with Crippen molar-refractivity contribution in [1.29, 1.82) is 0 Å². The third kappa shape index (κ3) is 0.569. The molecule has 0 spiro atoms. The second kappa shape index (κ2) is 1.58. The molecule has 0 aliphatic heterocycles. The first-order valence-electron chi connectivity index (χ1n) is 4.63. The molecule has 0 unspecified atom stereocenters. The molecule has 2 aliphatic rings. The van der Waals surface area contributed by atoms with Gasteiger partial charge in [-0.25, -0.2) is 0 Å². The molecule has 1 N–H and O–H groups in total. The Morgan fingerprint density at radius 1 is 0.923 bits per heavy atom. The summed E-state index contributed by atoms with van der Waals surface area (Å²) >= 11 is 0. The minimum atomic E-state index is 0.459. The van der Waals surface area contributed by atoms with E-state index in [0.29, 0.717) is 5.75 Å². The number of phenolic OH excluding ortho intramolecular Hbond substituents is 1. The van der Waals surface area contributed by atoms with Gasteiger partial charge in [0.05, 0.1) is 0 Å². The molecule has 0 aromatic heterocycles. The van der Waals surface area contributed by atoms with Gasteiger partial charge in [0.2, 0.25) is 0 Å². The quantitative estimate of drug-likeness (QED) is 0.427. The van der Waals surface area contributed by atoms with Crippen LogP contribution in [0.3, 0.4) is 0 Å². The summed E-state index contributed by atoms with van der Waals surface area (Å²) in [5.41, 5.74) is 5.95. The molecular weight excluding hydrogens is 160 g/mol. The van der Waals surface area contributed by atoms with Crippen LogP contribution in [0.15, 0.2) is 18.2 Å². The Balaban J connectivity index is 2.35. The van der Waals surface area contributed by atoms with Gasteiger partial charge in [-0.3, -0.25) is 0 Å². The fourth-order valence-corrected chi connectivity index (χ4v) is 2.45. The van der Waals surface area contributed by atoms with Gasteiger partial charge in [-0.2, -0.15) is 0 Å². The van der Waals surface area contributed by atoms with E-state index in [1.54, 1.807) is 11.6 Å². The molecule has 1 nitrogen and oxygen atoms in total. The molecule has 2 aromatic carbocycles. The second-order valence-corrected chi connectivity index (χ2v) is 3.97. The Morgan fingerprint density at radius 2 is 1.69 bits per heavy atom. The van der Waals surface area contributed by atoms with E-state index in [4.69, 9.17) is 0 Å². The Hall–Kier alpha value is -1.50. The first-order valence-corrected chi connectivity index (χ1v) is 4.63. The molecule has 0 saturated carbocycles. The second-order valence-electron chi connectivity index (χ2n) is 3.97. The Kier molecular flexibility index (Phi) is 0.732. The van der Waals surface area contributed by atoms with Crippen LogP contribution in [-0.2, 0) is 12.8 Å². The lowest BCUT2D eigenvalue weighted by Gasteiger charge is -1.98. The van der Waals surface area contributed by atoms with Crippen LogP contribution in [0, 0.1) is 0 Å². The highest BCUT2D eigenvalue weighted by atomic mass is 16.3. The Labute approximate surface area is 75.6 Å². The summed E-state index contributed by atoms with van der Waals surface area (Å²) in [6.07, 6.45) is 2.28. The van der Waals surface area contributed by atoms with Crippen molar-refractivity contribution in [3.8, 4) is 5.75 Å². The molecular formula is C12H8O. The van der Waals surface area contributed by atoms with E-state index in [-0.39, 0.29) is 0 Å². The average molecular weight is 168 g/mol. The zero-order valence-electron chi connectivity index (χ0n) is 7.09. The molecule has 0 radical (unpaired) electrons. The molecule has 2 aliphatic carbocycles. The van der Waals surface area contributed by atoms with E-state index in [1.165, 1.54) is 22.1 Å². The largest absolute Gasteiger partial charge is 0.507 e. The van der Waals surface area contributed by atoms with Gasteiger partial charge in [0.1, 0.15) is 5.75 Å². The third-order valence-corrected chi connectivity index (χ3v) is 3.22. The molecule has 0 atom stereocenters. The highest BCUT2D eigenvalue weighted by Crippen LogP contribution is 2.51. The van der Waals surface area contributed by atoms with E-state index in [0.717, 1.165) is 18.2 Å². The number of benzene rings is 2. The van der Waals surface area contributed by atoms with Gasteiger partial charge >= 0.3 is 0 Å². The van der Waals surface area contributed by atoms with Gasteiger partial charge in [-0.15, -0.1) is 0 Å². The molecule has 0 fully saturated rings. The molecule has 13 heavy (non-hydrogen) atoms. The minimum Gasteiger partial charge on any atom is -0.507 e. The van der Waals surface area contributed by atoms with Crippen LogP contribution in [0.25, 0.3) is 10.8 Å². The van der Waals surface area contributed by atoms with Crippen molar-refractivity contribution < 1.29 is 5.11 Å². The van der Waals surface area contributed by atoms with Crippen LogP contribution < -0.4 is 0 Å². The fraction of sp³-hybridized carbons (Fsp3) is 0.167. The summed E-state index contributed by atoms with van der Waals surface area (Å²) in [5, 5.41) is 12.1. The lowest BCUT2D eigenvalue weighted by atomic mass is 10.1. The summed E-state index contributed by atoms with van der Waals surface area (Å²) < 4.78 is 0. The van der Waals surface area contributed by atoms with E-state index in [9.17, 15) is 5.11 Å². The maximum absolute atomic E-state index is 9.73. The average Bonchev–Trinajstić information content (AvgIpc) is 2.98. The van der Waals surface area contributed by atoms with Gasteiger partial charge in [0, 0.05) is 5.39 Å². The zero-order chi connectivity index (χ0) is 8.58. The summed E-state index contributed by atoms with van der Waals surface area (Å²) in [6, 6.07) is 5.85. The summed E-state index contributed by atoms with van der Waals surface area (Å²) in [7, 11) is 0. The van der Waals surface area contributed by atoms with Gasteiger partial charge in [0.15, 0.2) is 0 Å². The van der Waals surface area contributed by atoms with Crippen molar-refractivity contribution >= 4 is 10.8 Å². The van der Waals surface area contributed by atoms with Crippen LogP contribution >= 0.6 is 0 Å². The van der Waals surface area contributed by atoms with E-state index < -0.39 is 0 Å². The lowest BCUT2D eigenvalue weighted by Crippen LogP contribution is -1.72. The minimum absolute atomic E-state index is 0.459. The predicted molar refractivity (Wildman–Crippen MR) is 51.2 cm³/mol. The number of aromatic hydroxyl groups is 1. The van der Waals surface area contributed by atoms with E-state index in [1.807, 2.05) is 6.07 Å². The molecule has 0 heterocycles. The van der Waals surface area contributed by atoms with Crippen molar-refractivity contribution in [2.75, 3.05) is 0 Å². The van der Waals surface area contributed by atoms with Crippen LogP contribution in [0.1, 0.15) is 22.3 Å². The number of hydrogen-bond donors (Lipinski definition) is 1. The van der Waals surface area contributed by atoms with Crippen molar-refractivity contribution in [2.45, 2.75) is 12.8 Å². The van der Waals surface area contributed by atoms with Gasteiger partial charge in [0.25, 0.3) is 0 Å². The smallest absolute Gasteiger partial charge is 0.123 e. The maximum Gasteiger partial charge on any atom is 0.123 e. The van der Waals surface area contributed by atoms with Crippen LogP contribution in [0.5, 0.6) is 5.75 Å². The molecule has 62 valence electrons. The fourth-order valence-electron chi connectivity index (χ4n) is 2.45. The number of rotatable bonds is 0. The van der Waals surface area contributed by atoms with Gasteiger partial charge < -0.3 is 5.11 Å². The summed E-state index contributed by atoms with van der Waals surface area (Å²) in [5.74, 6) is 0.459. The lowest BCUT2D eigenvalue weighted by molar-refractivity contribution is 0.481. The Bertz CT molecular complexity index is 567. The first kappa shape index (κ1) is 6.03. The van der Waals surface area contributed by atoms with Gasteiger partial charge in [-0.05, 0) is 46.5 Å². The molecule has 2 aromatic rings. The number of fused-ring (bicyclic) bond motifs is 6. The Morgan fingerprint density at radius 3 is 2.62 bits per heavy atom. The maximum atomic E-state index is 9.73. The summed E-state index contributed by atoms with van der Waals surface area (Å²) in [6.45, 7) is 0. The predicted octanol–water partition coefficient (Wildman–Crippen LogP) is 2.35. The van der Waals surface area contributed by atoms with E-state index in [2.05, 4.69) is 6.07 Å². The highest BCUT2D eigenvalue weighted by molar-refractivity contribution is 6.02. The van der Waals surface area contributed by atoms with Crippen molar-refractivity contribution in [1.82, 2.24) is 0 Å².